The number of rotatable bonds is 4. The first kappa shape index (κ1) is 67.1. The van der Waals surface area contributed by atoms with E-state index >= 15 is 0 Å². The maximum absolute atomic E-state index is 2.83. The fourth-order valence-electron chi connectivity index (χ4n) is 27.8. The SMILES string of the molecule is CC1(C)CC(C)(C)c2c1cc1c(c2-c2ccc3c(c2)c(-c2c4c(cc5c2C(C)(C)CC5(C)C)C(C)(C)CC4(C)C)cc2c4ccc(-c5c6c(cc7c5C(C)(C)CC7(C)C)C(C)(C)CC6(C)C)cc4c(-c4c5c(cc6c4C(C)(C)CC6(C)C)C(C)(C)CC5(C)C)cc32)C(C)(C)CC1(C)C. The van der Waals surface area contributed by atoms with Crippen LogP contribution in [0.15, 0.2) is 72.8 Å². The summed E-state index contributed by atoms with van der Waals surface area (Å²) >= 11 is 0. The monoisotopic (exact) mass is 1300 g/mol. The number of hydrogen-bond acceptors (Lipinski definition) is 0. The lowest BCUT2D eigenvalue weighted by Crippen LogP contribution is -2.21. The third-order valence-electron chi connectivity index (χ3n) is 28.8. The molecular weight excluding hydrogens is 1180 g/mol. The summed E-state index contributed by atoms with van der Waals surface area (Å²) in [7, 11) is 0. The van der Waals surface area contributed by atoms with Crippen LogP contribution in [0.2, 0.25) is 0 Å². The molecule has 0 bridgehead atoms. The number of fused-ring (bicyclic) bond motifs is 13. The van der Waals surface area contributed by atoms with E-state index in [0.717, 1.165) is 51.4 Å². The Kier molecular flexibility index (Phi) is 12.8. The summed E-state index contributed by atoms with van der Waals surface area (Å²) in [5.41, 5.74) is 37.2. The number of benzene rings is 8. The van der Waals surface area contributed by atoms with E-state index in [2.05, 4.69) is 294 Å². The zero-order valence-electron chi connectivity index (χ0n) is 67.6. The Morgan fingerprint density at radius 3 is 0.520 bits per heavy atom. The van der Waals surface area contributed by atoms with Crippen LogP contribution in [-0.2, 0) is 86.6 Å². The van der Waals surface area contributed by atoms with Gasteiger partial charge in [-0.15, -0.1) is 0 Å². The van der Waals surface area contributed by atoms with Crippen molar-refractivity contribution in [1.29, 1.82) is 0 Å². The van der Waals surface area contributed by atoms with E-state index in [4.69, 9.17) is 0 Å². The highest BCUT2D eigenvalue weighted by Gasteiger charge is 2.57. The van der Waals surface area contributed by atoms with E-state index in [9.17, 15) is 0 Å². The van der Waals surface area contributed by atoms with E-state index in [1.807, 2.05) is 0 Å². The Labute approximate surface area is 594 Å². The molecular formula is C98H124. The van der Waals surface area contributed by atoms with Crippen molar-refractivity contribution in [2.45, 2.75) is 360 Å². The summed E-state index contributed by atoms with van der Waals surface area (Å²) in [4.78, 5) is 0. The van der Waals surface area contributed by atoms with Crippen LogP contribution in [0.25, 0.3) is 76.8 Å². The van der Waals surface area contributed by atoms with Crippen LogP contribution in [0, 0.1) is 0 Å². The van der Waals surface area contributed by atoms with Gasteiger partial charge in [-0.25, -0.2) is 0 Å². The van der Waals surface area contributed by atoms with Crippen molar-refractivity contribution in [3.63, 3.8) is 0 Å². The van der Waals surface area contributed by atoms with Gasteiger partial charge in [0.25, 0.3) is 0 Å². The molecule has 0 heteroatoms. The lowest BCUT2D eigenvalue weighted by molar-refractivity contribution is 0.395. The Hall–Kier alpha value is -5.46. The lowest BCUT2D eigenvalue weighted by atomic mass is 9.71. The van der Waals surface area contributed by atoms with Crippen LogP contribution in [-0.4, -0.2) is 0 Å². The van der Waals surface area contributed by atoms with E-state index in [1.165, 1.54) is 65.7 Å². The molecule has 0 saturated carbocycles. The molecule has 0 nitrogen and oxygen atoms in total. The summed E-state index contributed by atoms with van der Waals surface area (Å²) in [6.45, 7) is 82.4. The predicted octanol–water partition coefficient (Wildman–Crippen LogP) is 27.5. The molecule has 516 valence electrons. The molecule has 8 aliphatic carbocycles. The second kappa shape index (κ2) is 18.7. The van der Waals surface area contributed by atoms with Crippen molar-refractivity contribution >= 4 is 32.3 Å². The fraction of sp³-hybridized carbons (Fsp3) is 0.571. The van der Waals surface area contributed by atoms with Gasteiger partial charge in [-0.3, -0.25) is 0 Å². The zero-order chi connectivity index (χ0) is 71.5. The Bertz CT molecular complexity index is 4470. The van der Waals surface area contributed by atoms with Gasteiger partial charge < -0.3 is 0 Å². The van der Waals surface area contributed by atoms with E-state index in [0.29, 0.717) is 0 Å². The molecule has 0 N–H and O–H groups in total. The summed E-state index contributed by atoms with van der Waals surface area (Å²) in [5, 5.41) is 8.41. The van der Waals surface area contributed by atoms with Gasteiger partial charge in [-0.05, 0) is 328 Å². The predicted molar refractivity (Wildman–Crippen MR) is 426 cm³/mol. The third-order valence-corrected chi connectivity index (χ3v) is 28.8. The molecule has 8 aromatic carbocycles. The summed E-state index contributed by atoms with van der Waals surface area (Å²) in [5.74, 6) is 0. The summed E-state index contributed by atoms with van der Waals surface area (Å²) < 4.78 is 0. The van der Waals surface area contributed by atoms with Crippen LogP contribution >= 0.6 is 0 Å². The van der Waals surface area contributed by atoms with Crippen LogP contribution in [0.5, 0.6) is 0 Å². The van der Waals surface area contributed by atoms with Crippen molar-refractivity contribution in [2.75, 3.05) is 0 Å². The molecule has 0 saturated heterocycles. The maximum atomic E-state index is 2.83. The van der Waals surface area contributed by atoms with Gasteiger partial charge in [-0.2, -0.15) is 0 Å². The van der Waals surface area contributed by atoms with Gasteiger partial charge in [0.1, 0.15) is 0 Å². The molecule has 0 unspecified atom stereocenters. The van der Waals surface area contributed by atoms with Crippen LogP contribution in [0.4, 0.5) is 0 Å². The van der Waals surface area contributed by atoms with E-state index < -0.39 is 0 Å². The zero-order valence-corrected chi connectivity index (χ0v) is 67.6. The maximum Gasteiger partial charge on any atom is -0.00861 e. The van der Waals surface area contributed by atoms with Crippen molar-refractivity contribution in [1.82, 2.24) is 0 Å². The van der Waals surface area contributed by atoms with Crippen molar-refractivity contribution in [3.8, 4) is 44.5 Å². The van der Waals surface area contributed by atoms with Gasteiger partial charge in [0.2, 0.25) is 0 Å². The molecule has 0 fully saturated rings. The molecule has 0 amide bonds. The lowest BCUT2D eigenvalue weighted by Gasteiger charge is -2.32. The van der Waals surface area contributed by atoms with Crippen LogP contribution < -0.4 is 0 Å². The molecule has 0 aromatic heterocycles. The third kappa shape index (κ3) is 8.72. The minimum atomic E-state index is -0.0614. The van der Waals surface area contributed by atoms with Crippen LogP contribution in [0.1, 0.15) is 362 Å². The molecule has 16 rings (SSSR count). The first-order valence-electron chi connectivity index (χ1n) is 38.8. The van der Waals surface area contributed by atoms with Gasteiger partial charge in [-0.1, -0.05) is 270 Å². The highest BCUT2D eigenvalue weighted by Crippen LogP contribution is 2.68. The van der Waals surface area contributed by atoms with Crippen molar-refractivity contribution < 1.29 is 0 Å². The molecule has 8 aromatic rings. The molecule has 0 atom stereocenters. The largest absolute Gasteiger partial charge is 0.0558 e. The van der Waals surface area contributed by atoms with Crippen LogP contribution in [0.3, 0.4) is 0 Å². The van der Waals surface area contributed by atoms with Crippen molar-refractivity contribution in [3.05, 3.63) is 162 Å². The second-order valence-corrected chi connectivity index (χ2v) is 45.4. The first-order chi connectivity index (χ1) is 44.4. The highest BCUT2D eigenvalue weighted by atomic mass is 14.6. The van der Waals surface area contributed by atoms with Crippen molar-refractivity contribution in [2.24, 2.45) is 0 Å². The van der Waals surface area contributed by atoms with E-state index in [-0.39, 0.29) is 86.6 Å². The fourth-order valence-corrected chi connectivity index (χ4v) is 27.8. The second-order valence-electron chi connectivity index (χ2n) is 45.4. The molecule has 98 heavy (non-hydrogen) atoms. The van der Waals surface area contributed by atoms with Gasteiger partial charge >= 0.3 is 0 Å². The topological polar surface area (TPSA) is 0 Å². The first-order valence-corrected chi connectivity index (χ1v) is 38.8. The molecule has 0 radical (unpaired) electrons. The average Bonchev–Trinajstić information content (AvgIpc) is 1.46. The summed E-state index contributed by atoms with van der Waals surface area (Å²) in [6.07, 6.45) is 9.05. The normalized spacial score (nSPS) is 25.1. The molecule has 0 spiro atoms. The standard InChI is InChI=1S/C98H124/c1-83(2)45-91(17,18)75-63(83)41-64-76(92(19,20)46-84(64,3)4)71(75)53-33-35-55-57(37-53)61(73-79-67(87(9,10)49-95(79,25)26)43-68-80(73)96(27,28)50-88(68,11)12)39-60-56-36-34-54(72-77-65(85(5,6)47-93(77,21)22)42-66-78(72)94(23,24)48-86(66,7)8)38-58(56)62(40-59(55)60)74-81-69(89(13,14)51-97(81,29)30)44-70-82(74)98(31,32)52-90(70,15)16/h33-44H,45-52H2,1-32H3. The quantitative estimate of drug-likeness (QED) is 0.154. The van der Waals surface area contributed by atoms with Gasteiger partial charge in [0, 0.05) is 0 Å². The Balaban J connectivity index is 1.15. The van der Waals surface area contributed by atoms with Gasteiger partial charge in [0.15, 0.2) is 0 Å². The van der Waals surface area contributed by atoms with Gasteiger partial charge in [0.05, 0.1) is 0 Å². The Morgan fingerprint density at radius 2 is 0.337 bits per heavy atom. The average molecular weight is 1300 g/mol. The molecule has 0 heterocycles. The minimum absolute atomic E-state index is 0.00908. The molecule has 8 aliphatic rings. The Morgan fingerprint density at radius 1 is 0.163 bits per heavy atom. The number of hydrogen-bond donors (Lipinski definition) is 0. The van der Waals surface area contributed by atoms with E-state index in [1.54, 1.807) is 100 Å². The highest BCUT2D eigenvalue weighted by molar-refractivity contribution is 6.25. The smallest absolute Gasteiger partial charge is 0.00861 e. The molecule has 0 aliphatic heterocycles. The summed E-state index contributed by atoms with van der Waals surface area (Å²) in [6, 6.07) is 32.9. The minimum Gasteiger partial charge on any atom is -0.0558 e.